The fraction of sp³-hybridized carbons (Fsp3) is 0.526. The minimum Gasteiger partial charge on any atom is -0.374 e. The maximum Gasteiger partial charge on any atom is 0.240 e. The highest BCUT2D eigenvalue weighted by atomic mass is 16.5. The predicted molar refractivity (Wildman–Crippen MR) is 104 cm³/mol. The van der Waals surface area contributed by atoms with E-state index in [1.165, 1.54) is 0 Å². The summed E-state index contributed by atoms with van der Waals surface area (Å²) in [5, 5.41) is 14.7. The number of nitrogens with one attached hydrogen (secondary N) is 2. The van der Waals surface area contributed by atoms with Crippen molar-refractivity contribution in [3.8, 4) is 0 Å². The Balaban J connectivity index is 0.00000261. The van der Waals surface area contributed by atoms with Gasteiger partial charge in [-0.15, -0.1) is 10.2 Å². The van der Waals surface area contributed by atoms with Gasteiger partial charge in [0.1, 0.15) is 11.9 Å². The van der Waals surface area contributed by atoms with Crippen LogP contribution in [-0.4, -0.2) is 39.4 Å². The molecule has 0 radical (unpaired) electrons. The number of carbonyl (C=O) groups is 1. The smallest absolute Gasteiger partial charge is 0.240 e. The Morgan fingerprint density at radius 3 is 2.81 bits per heavy atom. The van der Waals surface area contributed by atoms with E-state index in [0.717, 1.165) is 24.5 Å². The summed E-state index contributed by atoms with van der Waals surface area (Å²) in [7, 11) is 0. The van der Waals surface area contributed by atoms with Crippen molar-refractivity contribution in [2.24, 2.45) is 5.73 Å². The zero-order valence-electron chi connectivity index (χ0n) is 15.2. The molecule has 1 aromatic carbocycles. The van der Waals surface area contributed by atoms with Crippen LogP contribution in [0.15, 0.2) is 30.3 Å². The van der Waals surface area contributed by atoms with Crippen molar-refractivity contribution in [2.75, 3.05) is 13.2 Å². The van der Waals surface area contributed by atoms with Crippen LogP contribution < -0.4 is 16.4 Å². The Hall–Kier alpha value is -2.29. The maximum atomic E-state index is 12.4. The fourth-order valence-electron chi connectivity index (χ4n) is 2.77. The van der Waals surface area contributed by atoms with Gasteiger partial charge < -0.3 is 25.7 Å². The van der Waals surface area contributed by atoms with Crippen molar-refractivity contribution >= 4 is 5.91 Å². The summed E-state index contributed by atoms with van der Waals surface area (Å²) in [4.78, 5) is 12.4. The zero-order valence-corrected chi connectivity index (χ0v) is 15.2. The summed E-state index contributed by atoms with van der Waals surface area (Å²) in [6, 6.07) is 9.50. The zero-order chi connectivity index (χ0) is 18.6. The van der Waals surface area contributed by atoms with Gasteiger partial charge in [-0.3, -0.25) is 4.79 Å². The van der Waals surface area contributed by atoms with Gasteiger partial charge in [0.2, 0.25) is 5.91 Å². The first-order valence-electron chi connectivity index (χ1n) is 8.79. The summed E-state index contributed by atoms with van der Waals surface area (Å²) in [5.41, 5.74) is 6.02. The van der Waals surface area contributed by atoms with E-state index in [9.17, 15) is 4.79 Å². The first kappa shape index (κ1) is 21.0. The molecule has 0 saturated heterocycles. The molecule has 1 aromatic heterocycles. The number of benzene rings is 1. The molecular weight excluding hydrogens is 344 g/mol. The normalized spacial score (nSPS) is 14.8. The molecule has 0 unspecified atom stereocenters. The molecule has 148 valence electrons. The molecule has 4 N–H and O–H groups in total. The molecule has 0 spiro atoms. The average Bonchev–Trinajstić information content (AvgIpc) is 3.05. The Morgan fingerprint density at radius 1 is 1.37 bits per heavy atom. The van der Waals surface area contributed by atoms with Gasteiger partial charge in [0.15, 0.2) is 5.82 Å². The quantitative estimate of drug-likeness (QED) is 0.671. The van der Waals surface area contributed by atoms with Crippen LogP contribution in [0.4, 0.5) is 0 Å². The van der Waals surface area contributed by atoms with Gasteiger partial charge in [-0.25, -0.2) is 0 Å². The number of hydrogen-bond acceptors (Lipinski definition) is 6. The molecule has 2 aromatic rings. The van der Waals surface area contributed by atoms with E-state index < -0.39 is 11.6 Å². The van der Waals surface area contributed by atoms with Crippen LogP contribution in [0.25, 0.3) is 0 Å². The topological polar surface area (TPSA) is 107 Å². The van der Waals surface area contributed by atoms with Crippen LogP contribution in [0.1, 0.15) is 44.5 Å². The lowest BCUT2D eigenvalue weighted by Crippen LogP contribution is -2.51. The van der Waals surface area contributed by atoms with E-state index in [4.69, 9.17) is 10.5 Å². The second-order valence-corrected chi connectivity index (χ2v) is 7.05. The largest absolute Gasteiger partial charge is 0.374 e. The summed E-state index contributed by atoms with van der Waals surface area (Å²) in [6.45, 7) is 6.37. The van der Waals surface area contributed by atoms with Gasteiger partial charge in [0.25, 0.3) is 0 Å². The molecule has 1 aliphatic heterocycles. The third-order valence-corrected chi connectivity index (χ3v) is 4.25. The van der Waals surface area contributed by atoms with Crippen molar-refractivity contribution in [3.05, 3.63) is 47.5 Å². The molecule has 8 heteroatoms. The highest BCUT2D eigenvalue weighted by Gasteiger charge is 2.29. The Kier molecular flexibility index (Phi) is 7.06. The highest BCUT2D eigenvalue weighted by molar-refractivity contribution is 5.85. The SMILES string of the molecule is C.CC(C)(N)C(=O)N[C@H](COCc1ccccc1)c1nnc2n1CCNC2. The molecule has 1 amide bonds. The van der Waals surface area contributed by atoms with Crippen LogP contribution in [-0.2, 0) is 29.2 Å². The summed E-state index contributed by atoms with van der Waals surface area (Å²) in [5.74, 6) is 1.31. The van der Waals surface area contributed by atoms with Gasteiger partial charge in [-0.2, -0.15) is 0 Å². The number of aromatic nitrogens is 3. The summed E-state index contributed by atoms with van der Waals surface area (Å²) < 4.78 is 7.90. The van der Waals surface area contributed by atoms with E-state index in [1.807, 2.05) is 34.9 Å². The van der Waals surface area contributed by atoms with Crippen LogP contribution in [0.2, 0.25) is 0 Å². The van der Waals surface area contributed by atoms with Crippen molar-refractivity contribution in [1.82, 2.24) is 25.4 Å². The van der Waals surface area contributed by atoms with Crippen LogP contribution >= 0.6 is 0 Å². The predicted octanol–water partition coefficient (Wildman–Crippen LogP) is 1.13. The number of amides is 1. The van der Waals surface area contributed by atoms with Gasteiger partial charge in [-0.1, -0.05) is 37.8 Å². The highest BCUT2D eigenvalue weighted by Crippen LogP contribution is 2.17. The van der Waals surface area contributed by atoms with E-state index in [-0.39, 0.29) is 13.3 Å². The van der Waals surface area contributed by atoms with Crippen molar-refractivity contribution in [1.29, 1.82) is 0 Å². The van der Waals surface area contributed by atoms with Crippen LogP contribution in [0.5, 0.6) is 0 Å². The fourth-order valence-corrected chi connectivity index (χ4v) is 2.77. The summed E-state index contributed by atoms with van der Waals surface area (Å²) >= 11 is 0. The third kappa shape index (κ3) is 5.35. The van der Waals surface area contributed by atoms with Crippen molar-refractivity contribution in [2.45, 2.75) is 52.6 Å². The first-order valence-corrected chi connectivity index (χ1v) is 8.79. The lowest BCUT2D eigenvalue weighted by molar-refractivity contribution is -0.126. The van der Waals surface area contributed by atoms with E-state index in [0.29, 0.717) is 25.6 Å². The standard InChI is InChI=1S/C18H26N6O2.CH4/c1-18(2,19)17(25)21-14(12-26-11-13-6-4-3-5-7-13)16-23-22-15-10-20-8-9-24(15)16;/h3-7,14,20H,8-12,19H2,1-2H3,(H,21,25);1H4/t14-;/m1./s1. The lowest BCUT2D eigenvalue weighted by Gasteiger charge is -2.25. The number of ether oxygens (including phenoxy) is 1. The molecule has 0 bridgehead atoms. The molecule has 1 atom stereocenters. The van der Waals surface area contributed by atoms with Crippen molar-refractivity contribution in [3.63, 3.8) is 0 Å². The second kappa shape index (κ2) is 9.07. The van der Waals surface area contributed by atoms with Gasteiger partial charge in [-0.05, 0) is 19.4 Å². The number of fused-ring (bicyclic) bond motifs is 1. The molecule has 8 nitrogen and oxygen atoms in total. The number of nitrogens with zero attached hydrogens (tertiary/aromatic N) is 3. The molecule has 3 rings (SSSR count). The van der Waals surface area contributed by atoms with Gasteiger partial charge in [0.05, 0.1) is 25.3 Å². The second-order valence-electron chi connectivity index (χ2n) is 7.05. The van der Waals surface area contributed by atoms with Crippen LogP contribution in [0, 0.1) is 0 Å². The molecule has 27 heavy (non-hydrogen) atoms. The van der Waals surface area contributed by atoms with E-state index in [2.05, 4.69) is 20.8 Å². The molecule has 1 aliphatic rings. The first-order chi connectivity index (χ1) is 12.4. The third-order valence-electron chi connectivity index (χ3n) is 4.25. The average molecular weight is 374 g/mol. The van der Waals surface area contributed by atoms with E-state index >= 15 is 0 Å². The molecule has 0 aliphatic carbocycles. The maximum absolute atomic E-state index is 12.4. The molecule has 0 fully saturated rings. The summed E-state index contributed by atoms with van der Waals surface area (Å²) in [6.07, 6.45) is 0. The minimum atomic E-state index is -0.982. The van der Waals surface area contributed by atoms with Gasteiger partial charge >= 0.3 is 0 Å². The number of rotatable bonds is 7. The van der Waals surface area contributed by atoms with Crippen LogP contribution in [0.3, 0.4) is 0 Å². The van der Waals surface area contributed by atoms with E-state index in [1.54, 1.807) is 13.8 Å². The number of hydrogen-bond donors (Lipinski definition) is 3. The molecule has 2 heterocycles. The molecule has 0 saturated carbocycles. The Bertz CT molecular complexity index is 738. The Labute approximate surface area is 160 Å². The lowest BCUT2D eigenvalue weighted by atomic mass is 10.1. The number of carbonyl (C=O) groups excluding carboxylic acids is 1. The van der Waals surface area contributed by atoms with Crippen molar-refractivity contribution < 1.29 is 9.53 Å². The Morgan fingerprint density at radius 2 is 2.11 bits per heavy atom. The molecular formula is C19H30N6O2. The van der Waals surface area contributed by atoms with Gasteiger partial charge in [0, 0.05) is 13.1 Å². The monoisotopic (exact) mass is 374 g/mol. The minimum absolute atomic E-state index is 0. The number of nitrogens with two attached hydrogens (primary N) is 1.